The Bertz CT molecular complexity index is 365. The van der Waals surface area contributed by atoms with E-state index in [2.05, 4.69) is 17.9 Å². The molecule has 1 aromatic carbocycles. The highest BCUT2D eigenvalue weighted by molar-refractivity contribution is 5.56. The molecule has 1 aliphatic heterocycles. The van der Waals surface area contributed by atoms with Gasteiger partial charge >= 0.3 is 0 Å². The number of aryl methyl sites for hydroxylation is 1. The summed E-state index contributed by atoms with van der Waals surface area (Å²) in [4.78, 5) is 2.27. The predicted molar refractivity (Wildman–Crippen MR) is 64.6 cm³/mol. The third kappa shape index (κ3) is 2.06. The lowest BCUT2D eigenvalue weighted by molar-refractivity contribution is 0.266. The van der Waals surface area contributed by atoms with E-state index in [4.69, 9.17) is 5.11 Å². The lowest BCUT2D eigenvalue weighted by Gasteiger charge is -2.27. The second-order valence-corrected chi connectivity index (χ2v) is 4.45. The zero-order valence-corrected chi connectivity index (χ0v) is 9.69. The smallest absolute Gasteiger partial charge is 0.0681 e. The van der Waals surface area contributed by atoms with Crippen molar-refractivity contribution in [2.75, 3.05) is 18.1 Å². The van der Waals surface area contributed by atoms with Crippen LogP contribution >= 0.6 is 0 Å². The molecule has 16 heavy (non-hydrogen) atoms. The molecule has 3 nitrogen and oxygen atoms in total. The first-order valence-electron chi connectivity index (χ1n) is 5.84. The molecule has 2 N–H and O–H groups in total. The molecule has 0 bridgehead atoms. The third-order valence-corrected chi connectivity index (χ3v) is 3.34. The molecular formula is C13H19NO2. The maximum Gasteiger partial charge on any atom is 0.0681 e. The fraction of sp³-hybridized carbons (Fsp3) is 0.538. The summed E-state index contributed by atoms with van der Waals surface area (Å²) in [5.74, 6) is 0. The van der Waals surface area contributed by atoms with Crippen LogP contribution in [0.3, 0.4) is 0 Å². The fourth-order valence-electron chi connectivity index (χ4n) is 2.48. The molecule has 3 heteroatoms. The molecule has 2 rings (SSSR count). The van der Waals surface area contributed by atoms with Gasteiger partial charge in [0, 0.05) is 12.2 Å². The van der Waals surface area contributed by atoms with Crippen LogP contribution in [0, 0.1) is 6.92 Å². The van der Waals surface area contributed by atoms with Gasteiger partial charge in [0.25, 0.3) is 0 Å². The van der Waals surface area contributed by atoms with Gasteiger partial charge < -0.3 is 15.1 Å². The van der Waals surface area contributed by atoms with E-state index in [1.54, 1.807) is 0 Å². The number of aliphatic hydroxyl groups is 2. The van der Waals surface area contributed by atoms with Crippen molar-refractivity contribution in [3.8, 4) is 0 Å². The van der Waals surface area contributed by atoms with E-state index in [-0.39, 0.29) is 19.3 Å². The van der Waals surface area contributed by atoms with Crippen LogP contribution in [-0.2, 0) is 6.61 Å². The average molecular weight is 221 g/mol. The maximum atomic E-state index is 9.31. The van der Waals surface area contributed by atoms with Crippen molar-refractivity contribution in [3.63, 3.8) is 0 Å². The molecule has 0 spiro atoms. The Balaban J connectivity index is 2.26. The van der Waals surface area contributed by atoms with Crippen LogP contribution in [0.25, 0.3) is 0 Å². The molecule has 1 aliphatic rings. The molecule has 0 radical (unpaired) electrons. The van der Waals surface area contributed by atoms with Gasteiger partial charge in [0.15, 0.2) is 0 Å². The van der Waals surface area contributed by atoms with E-state index in [9.17, 15) is 5.11 Å². The Morgan fingerprint density at radius 1 is 1.38 bits per heavy atom. The zero-order chi connectivity index (χ0) is 11.5. The van der Waals surface area contributed by atoms with Gasteiger partial charge in [-0.3, -0.25) is 0 Å². The van der Waals surface area contributed by atoms with Gasteiger partial charge in [-0.15, -0.1) is 0 Å². The van der Waals surface area contributed by atoms with E-state index in [0.29, 0.717) is 0 Å². The summed E-state index contributed by atoms with van der Waals surface area (Å²) >= 11 is 0. The van der Waals surface area contributed by atoms with Crippen LogP contribution < -0.4 is 4.90 Å². The minimum Gasteiger partial charge on any atom is -0.394 e. The molecule has 1 aromatic rings. The number of hydrogen-bond acceptors (Lipinski definition) is 3. The summed E-state index contributed by atoms with van der Waals surface area (Å²) < 4.78 is 0. The van der Waals surface area contributed by atoms with Crippen molar-refractivity contribution in [1.29, 1.82) is 0 Å². The summed E-state index contributed by atoms with van der Waals surface area (Å²) in [5.41, 5.74) is 3.31. The molecule has 0 aliphatic carbocycles. The number of nitrogens with zero attached hydrogens (tertiary/aromatic N) is 1. The minimum absolute atomic E-state index is 0.0878. The summed E-state index contributed by atoms with van der Waals surface area (Å²) in [6.07, 6.45) is 2.21. The SMILES string of the molecule is Cc1cc(CO)ccc1N1CCCC1CO. The molecule has 88 valence electrons. The van der Waals surface area contributed by atoms with Crippen molar-refractivity contribution in [2.45, 2.75) is 32.4 Å². The average Bonchev–Trinajstić information content (AvgIpc) is 2.76. The van der Waals surface area contributed by atoms with Crippen molar-refractivity contribution in [3.05, 3.63) is 29.3 Å². The number of rotatable bonds is 3. The van der Waals surface area contributed by atoms with Gasteiger partial charge in [0.2, 0.25) is 0 Å². The van der Waals surface area contributed by atoms with Crippen LogP contribution in [0.1, 0.15) is 24.0 Å². The second kappa shape index (κ2) is 4.85. The number of hydrogen-bond donors (Lipinski definition) is 2. The van der Waals surface area contributed by atoms with Crippen molar-refractivity contribution in [2.24, 2.45) is 0 Å². The van der Waals surface area contributed by atoms with Gasteiger partial charge in [-0.2, -0.15) is 0 Å². The monoisotopic (exact) mass is 221 g/mol. The number of benzene rings is 1. The second-order valence-electron chi connectivity index (χ2n) is 4.45. The molecule has 1 atom stereocenters. The normalized spacial score (nSPS) is 20.4. The molecule has 1 fully saturated rings. The first kappa shape index (κ1) is 11.4. The maximum absolute atomic E-state index is 9.31. The standard InChI is InChI=1S/C13H19NO2/c1-10-7-11(8-15)4-5-13(10)14-6-2-3-12(14)9-16/h4-5,7,12,15-16H,2-3,6,8-9H2,1H3. The summed E-state index contributed by atoms with van der Waals surface area (Å²) in [5, 5.41) is 18.4. The van der Waals surface area contributed by atoms with E-state index in [1.807, 2.05) is 12.1 Å². The van der Waals surface area contributed by atoms with Crippen LogP contribution in [0.15, 0.2) is 18.2 Å². The predicted octanol–water partition coefficient (Wildman–Crippen LogP) is 1.45. The summed E-state index contributed by atoms with van der Waals surface area (Å²) in [7, 11) is 0. The molecule has 1 saturated heterocycles. The third-order valence-electron chi connectivity index (χ3n) is 3.34. The number of anilines is 1. The van der Waals surface area contributed by atoms with Gasteiger partial charge in [0.05, 0.1) is 19.3 Å². The van der Waals surface area contributed by atoms with Gasteiger partial charge in [-0.25, -0.2) is 0 Å². The van der Waals surface area contributed by atoms with Gasteiger partial charge in [0.1, 0.15) is 0 Å². The molecule has 0 aromatic heterocycles. The highest BCUT2D eigenvalue weighted by Gasteiger charge is 2.24. The largest absolute Gasteiger partial charge is 0.394 e. The molecule has 0 saturated carbocycles. The molecular weight excluding hydrogens is 202 g/mol. The quantitative estimate of drug-likeness (QED) is 0.812. The Kier molecular flexibility index (Phi) is 3.46. The molecule has 1 heterocycles. The minimum atomic E-state index is 0.0878. The van der Waals surface area contributed by atoms with Crippen molar-refractivity contribution < 1.29 is 10.2 Å². The van der Waals surface area contributed by atoms with Gasteiger partial charge in [-0.1, -0.05) is 12.1 Å². The summed E-state index contributed by atoms with van der Waals surface area (Å²) in [6.45, 7) is 3.39. The number of aliphatic hydroxyl groups excluding tert-OH is 2. The fourth-order valence-corrected chi connectivity index (χ4v) is 2.48. The topological polar surface area (TPSA) is 43.7 Å². The van der Waals surface area contributed by atoms with Crippen LogP contribution in [0.4, 0.5) is 5.69 Å². The van der Waals surface area contributed by atoms with E-state index in [0.717, 1.165) is 24.9 Å². The highest BCUT2D eigenvalue weighted by atomic mass is 16.3. The Hall–Kier alpha value is -1.06. The molecule has 1 unspecified atom stereocenters. The van der Waals surface area contributed by atoms with E-state index < -0.39 is 0 Å². The zero-order valence-electron chi connectivity index (χ0n) is 9.69. The molecule has 0 amide bonds. The van der Waals surface area contributed by atoms with Crippen LogP contribution in [0.2, 0.25) is 0 Å². The highest BCUT2D eigenvalue weighted by Crippen LogP contribution is 2.28. The van der Waals surface area contributed by atoms with Gasteiger partial charge in [-0.05, 0) is 37.0 Å². The first-order valence-corrected chi connectivity index (χ1v) is 5.84. The Labute approximate surface area is 96.3 Å². The van der Waals surface area contributed by atoms with E-state index in [1.165, 1.54) is 11.3 Å². The van der Waals surface area contributed by atoms with Crippen LogP contribution in [-0.4, -0.2) is 29.4 Å². The van der Waals surface area contributed by atoms with Crippen molar-refractivity contribution >= 4 is 5.69 Å². The first-order chi connectivity index (χ1) is 7.76. The van der Waals surface area contributed by atoms with Crippen molar-refractivity contribution in [1.82, 2.24) is 0 Å². The lowest BCUT2D eigenvalue weighted by atomic mass is 10.1. The Morgan fingerprint density at radius 3 is 2.81 bits per heavy atom. The Morgan fingerprint density at radius 2 is 2.19 bits per heavy atom. The summed E-state index contributed by atoms with van der Waals surface area (Å²) in [6, 6.07) is 6.28. The van der Waals surface area contributed by atoms with E-state index >= 15 is 0 Å². The lowest BCUT2D eigenvalue weighted by Crippen LogP contribution is -2.32. The van der Waals surface area contributed by atoms with Crippen LogP contribution in [0.5, 0.6) is 0 Å².